The molecule has 1 aliphatic heterocycles. The molecule has 0 fully saturated rings. The molecule has 0 unspecified atom stereocenters. The number of nitrogens with zero attached hydrogens (tertiary/aromatic N) is 2. The Morgan fingerprint density at radius 2 is 2.18 bits per heavy atom. The zero-order valence-corrected chi connectivity index (χ0v) is 13.4. The second kappa shape index (κ2) is 5.48. The SMILES string of the molecule is Cc1c(OC(C)C)cc(-c2cnn(C)c2)c2c1C(=O)NCC2. The minimum absolute atomic E-state index is 0.0157. The Hall–Kier alpha value is -2.30. The molecule has 0 bridgehead atoms. The molecule has 3 rings (SSSR count). The number of hydrogen-bond acceptors (Lipinski definition) is 3. The maximum absolute atomic E-state index is 12.3. The van der Waals surface area contributed by atoms with E-state index >= 15 is 0 Å². The molecule has 5 heteroatoms. The summed E-state index contributed by atoms with van der Waals surface area (Å²) in [4.78, 5) is 12.3. The molecule has 1 aromatic heterocycles. The van der Waals surface area contributed by atoms with Gasteiger partial charge in [-0.2, -0.15) is 5.10 Å². The van der Waals surface area contributed by atoms with Gasteiger partial charge in [-0.05, 0) is 44.4 Å². The van der Waals surface area contributed by atoms with E-state index in [0.717, 1.165) is 40.0 Å². The Kier molecular flexibility index (Phi) is 3.64. The summed E-state index contributed by atoms with van der Waals surface area (Å²) in [6, 6.07) is 2.05. The molecule has 1 aromatic carbocycles. The molecule has 1 N–H and O–H groups in total. The minimum Gasteiger partial charge on any atom is -0.491 e. The molecule has 0 atom stereocenters. The first-order valence-corrected chi connectivity index (χ1v) is 7.57. The summed E-state index contributed by atoms with van der Waals surface area (Å²) >= 11 is 0. The van der Waals surface area contributed by atoms with E-state index in [0.29, 0.717) is 6.54 Å². The van der Waals surface area contributed by atoms with Gasteiger partial charge in [0.1, 0.15) is 5.75 Å². The minimum atomic E-state index is -0.0157. The number of carbonyl (C=O) groups excluding carboxylic acids is 1. The maximum atomic E-state index is 12.3. The zero-order valence-electron chi connectivity index (χ0n) is 13.4. The van der Waals surface area contributed by atoms with Crippen molar-refractivity contribution < 1.29 is 9.53 Å². The van der Waals surface area contributed by atoms with Gasteiger partial charge < -0.3 is 10.1 Å². The van der Waals surface area contributed by atoms with Gasteiger partial charge in [-0.1, -0.05) is 0 Å². The Balaban J connectivity index is 2.24. The van der Waals surface area contributed by atoms with E-state index in [4.69, 9.17) is 4.74 Å². The first-order chi connectivity index (χ1) is 10.5. The topological polar surface area (TPSA) is 56.2 Å². The first-order valence-electron chi connectivity index (χ1n) is 7.57. The van der Waals surface area contributed by atoms with Gasteiger partial charge in [-0.3, -0.25) is 9.48 Å². The fraction of sp³-hybridized carbons (Fsp3) is 0.412. The summed E-state index contributed by atoms with van der Waals surface area (Å²) in [6.07, 6.45) is 4.69. The number of rotatable bonds is 3. The third-order valence-corrected chi connectivity index (χ3v) is 3.91. The molecule has 116 valence electrons. The summed E-state index contributed by atoms with van der Waals surface area (Å²) in [5.74, 6) is 0.753. The predicted octanol–water partition coefficient (Wildman–Crippen LogP) is 2.47. The van der Waals surface area contributed by atoms with Crippen LogP contribution in [0.25, 0.3) is 11.1 Å². The second-order valence-electron chi connectivity index (χ2n) is 5.98. The lowest BCUT2D eigenvalue weighted by molar-refractivity contribution is 0.0944. The summed E-state index contributed by atoms with van der Waals surface area (Å²) in [5.41, 5.74) is 4.81. The third-order valence-electron chi connectivity index (χ3n) is 3.91. The lowest BCUT2D eigenvalue weighted by atomic mass is 9.88. The highest BCUT2D eigenvalue weighted by molar-refractivity contribution is 6.01. The van der Waals surface area contributed by atoms with Crippen LogP contribution < -0.4 is 10.1 Å². The van der Waals surface area contributed by atoms with Crippen LogP contribution in [-0.4, -0.2) is 28.3 Å². The van der Waals surface area contributed by atoms with E-state index in [-0.39, 0.29) is 12.0 Å². The van der Waals surface area contributed by atoms with Gasteiger partial charge in [0.25, 0.3) is 5.91 Å². The van der Waals surface area contributed by atoms with Crippen LogP contribution in [0, 0.1) is 6.92 Å². The number of ether oxygens (including phenoxy) is 1. The van der Waals surface area contributed by atoms with Crippen LogP contribution >= 0.6 is 0 Å². The monoisotopic (exact) mass is 299 g/mol. The van der Waals surface area contributed by atoms with Crippen molar-refractivity contribution in [3.05, 3.63) is 35.2 Å². The van der Waals surface area contributed by atoms with E-state index in [1.165, 1.54) is 0 Å². The largest absolute Gasteiger partial charge is 0.491 e. The van der Waals surface area contributed by atoms with Crippen LogP contribution in [0.4, 0.5) is 0 Å². The van der Waals surface area contributed by atoms with Crippen molar-refractivity contribution in [3.63, 3.8) is 0 Å². The highest BCUT2D eigenvalue weighted by Gasteiger charge is 2.25. The van der Waals surface area contributed by atoms with Crippen molar-refractivity contribution in [2.75, 3.05) is 6.54 Å². The summed E-state index contributed by atoms with van der Waals surface area (Å²) in [6.45, 7) is 6.60. The lowest BCUT2D eigenvalue weighted by Gasteiger charge is -2.24. The van der Waals surface area contributed by atoms with Crippen molar-refractivity contribution >= 4 is 5.91 Å². The molecule has 1 aliphatic rings. The van der Waals surface area contributed by atoms with Crippen molar-refractivity contribution in [3.8, 4) is 16.9 Å². The third kappa shape index (κ3) is 2.47. The molecule has 0 saturated heterocycles. The number of benzene rings is 1. The van der Waals surface area contributed by atoms with Crippen molar-refractivity contribution in [1.82, 2.24) is 15.1 Å². The average Bonchev–Trinajstić information content (AvgIpc) is 2.88. The normalized spacial score (nSPS) is 14.0. The number of nitrogens with one attached hydrogen (secondary N) is 1. The maximum Gasteiger partial charge on any atom is 0.252 e. The molecule has 22 heavy (non-hydrogen) atoms. The standard InChI is InChI=1S/C17H21N3O2/c1-10(2)22-15-7-14(12-8-19-20(4)9-12)13-5-6-18-17(21)16(13)11(15)3/h7-10H,5-6H2,1-4H3,(H,18,21). The van der Waals surface area contributed by atoms with Crippen LogP contribution in [0.5, 0.6) is 5.75 Å². The van der Waals surface area contributed by atoms with Crippen molar-refractivity contribution in [2.45, 2.75) is 33.3 Å². The highest BCUT2D eigenvalue weighted by Crippen LogP contribution is 2.36. The van der Waals surface area contributed by atoms with E-state index in [9.17, 15) is 4.79 Å². The molecular formula is C17H21N3O2. The summed E-state index contributed by atoms with van der Waals surface area (Å²) < 4.78 is 7.69. The van der Waals surface area contributed by atoms with Crippen molar-refractivity contribution in [1.29, 1.82) is 0 Å². The molecular weight excluding hydrogens is 278 g/mol. The van der Waals surface area contributed by atoms with E-state index in [1.807, 2.05) is 46.3 Å². The Morgan fingerprint density at radius 1 is 1.41 bits per heavy atom. The van der Waals surface area contributed by atoms with E-state index in [1.54, 1.807) is 4.68 Å². The summed E-state index contributed by atoms with van der Waals surface area (Å²) in [5, 5.41) is 7.18. The zero-order chi connectivity index (χ0) is 15.9. The number of amides is 1. The molecule has 5 nitrogen and oxygen atoms in total. The Morgan fingerprint density at radius 3 is 2.82 bits per heavy atom. The smallest absolute Gasteiger partial charge is 0.252 e. The summed E-state index contributed by atoms with van der Waals surface area (Å²) in [7, 11) is 1.89. The van der Waals surface area contributed by atoms with Gasteiger partial charge in [0.2, 0.25) is 0 Å². The van der Waals surface area contributed by atoms with Crippen LogP contribution in [0.2, 0.25) is 0 Å². The molecule has 1 amide bonds. The van der Waals surface area contributed by atoms with Gasteiger partial charge in [-0.15, -0.1) is 0 Å². The van der Waals surface area contributed by atoms with Gasteiger partial charge >= 0.3 is 0 Å². The quantitative estimate of drug-likeness (QED) is 0.947. The fourth-order valence-electron chi connectivity index (χ4n) is 2.96. The number of carbonyl (C=O) groups is 1. The lowest BCUT2D eigenvalue weighted by Crippen LogP contribution is -2.33. The molecule has 2 aromatic rings. The van der Waals surface area contributed by atoms with E-state index in [2.05, 4.69) is 10.4 Å². The van der Waals surface area contributed by atoms with Crippen LogP contribution in [-0.2, 0) is 13.5 Å². The number of aromatic nitrogens is 2. The van der Waals surface area contributed by atoms with Crippen molar-refractivity contribution in [2.24, 2.45) is 7.05 Å². The van der Waals surface area contributed by atoms with Crippen LogP contribution in [0.3, 0.4) is 0 Å². The first kappa shape index (κ1) is 14.6. The number of hydrogen-bond donors (Lipinski definition) is 1. The van der Waals surface area contributed by atoms with Gasteiger partial charge in [0.05, 0.1) is 12.3 Å². The van der Waals surface area contributed by atoms with Crippen LogP contribution in [0.1, 0.15) is 35.3 Å². The van der Waals surface area contributed by atoms with Crippen LogP contribution in [0.15, 0.2) is 18.5 Å². The predicted molar refractivity (Wildman–Crippen MR) is 85.2 cm³/mol. The highest BCUT2D eigenvalue weighted by atomic mass is 16.5. The molecule has 2 heterocycles. The average molecular weight is 299 g/mol. The molecule has 0 aliphatic carbocycles. The van der Waals surface area contributed by atoms with E-state index < -0.39 is 0 Å². The van der Waals surface area contributed by atoms with Gasteiger partial charge in [0.15, 0.2) is 0 Å². The molecule has 0 saturated carbocycles. The second-order valence-corrected chi connectivity index (χ2v) is 5.98. The fourth-order valence-corrected chi connectivity index (χ4v) is 2.96. The van der Waals surface area contributed by atoms with Gasteiger partial charge in [-0.25, -0.2) is 0 Å². The molecule has 0 radical (unpaired) electrons. The Labute approximate surface area is 130 Å². The number of fused-ring (bicyclic) bond motifs is 1. The number of aryl methyl sites for hydroxylation is 1. The Bertz CT molecular complexity index is 732. The van der Waals surface area contributed by atoms with Gasteiger partial charge in [0, 0.05) is 36.5 Å². The molecule has 0 spiro atoms.